The van der Waals surface area contributed by atoms with Crippen LogP contribution in [0, 0.1) is 20.8 Å². The molecule has 2 saturated carbocycles. The SMILES string of the molecule is CSc1nn2c(-c3c(C)cc(C)cc3OCCF)ccc(C)c2c1N(C1CC1)C1CC1. The molecule has 0 amide bonds. The van der Waals surface area contributed by atoms with E-state index in [-0.39, 0.29) is 6.61 Å². The van der Waals surface area contributed by atoms with Crippen molar-refractivity contribution in [3.05, 3.63) is 41.0 Å². The van der Waals surface area contributed by atoms with E-state index in [0.717, 1.165) is 33.2 Å². The molecule has 0 atom stereocenters. The number of benzene rings is 1. The van der Waals surface area contributed by atoms with Crippen molar-refractivity contribution in [2.45, 2.75) is 63.6 Å². The van der Waals surface area contributed by atoms with Gasteiger partial charge >= 0.3 is 0 Å². The second-order valence-electron chi connectivity index (χ2n) is 8.88. The highest BCUT2D eigenvalue weighted by atomic mass is 32.2. The third-order valence-corrected chi connectivity index (χ3v) is 6.95. The van der Waals surface area contributed by atoms with Gasteiger partial charge in [-0.05, 0) is 81.5 Å². The quantitative estimate of drug-likeness (QED) is 0.395. The molecule has 0 bridgehead atoms. The number of halogens is 1. The summed E-state index contributed by atoms with van der Waals surface area (Å²) in [7, 11) is 0. The first-order valence-corrected chi connectivity index (χ1v) is 12.4. The van der Waals surface area contributed by atoms with E-state index in [1.807, 2.05) is 13.0 Å². The molecule has 0 radical (unpaired) electrons. The molecule has 3 aromatic rings. The van der Waals surface area contributed by atoms with Crippen LogP contribution < -0.4 is 9.64 Å². The Labute approximate surface area is 187 Å². The Morgan fingerprint density at radius 2 is 1.81 bits per heavy atom. The summed E-state index contributed by atoms with van der Waals surface area (Å²) >= 11 is 1.72. The summed E-state index contributed by atoms with van der Waals surface area (Å²) in [5, 5.41) is 6.19. The molecule has 1 aromatic carbocycles. The second-order valence-corrected chi connectivity index (χ2v) is 9.68. The highest BCUT2D eigenvalue weighted by Crippen LogP contribution is 2.47. The largest absolute Gasteiger partial charge is 0.490 e. The lowest BCUT2D eigenvalue weighted by atomic mass is 10.00. The van der Waals surface area contributed by atoms with Gasteiger partial charge in [0.2, 0.25) is 0 Å². The standard InChI is InChI=1S/C25H30FN3OS/c1-15-13-17(3)22(21(14-15)30-12-11-26)20-10-5-16(2)23-24(25(31-4)27-29(20)23)28(18-6-7-18)19-8-9-19/h5,10,13-14,18-19H,6-9,11-12H2,1-4H3. The zero-order valence-electron chi connectivity index (χ0n) is 18.7. The molecule has 5 rings (SSSR count). The molecule has 0 N–H and O–H groups in total. The van der Waals surface area contributed by atoms with Crippen LogP contribution >= 0.6 is 11.8 Å². The van der Waals surface area contributed by atoms with Crippen LogP contribution in [0.15, 0.2) is 29.3 Å². The first kappa shape index (κ1) is 20.7. The molecule has 4 nitrogen and oxygen atoms in total. The van der Waals surface area contributed by atoms with Gasteiger partial charge in [-0.15, -0.1) is 11.8 Å². The van der Waals surface area contributed by atoms with Crippen molar-refractivity contribution in [1.29, 1.82) is 0 Å². The maximum absolute atomic E-state index is 12.9. The van der Waals surface area contributed by atoms with Crippen molar-refractivity contribution in [3.8, 4) is 17.0 Å². The zero-order chi connectivity index (χ0) is 21.7. The maximum Gasteiger partial charge on any atom is 0.142 e. The van der Waals surface area contributed by atoms with Crippen LogP contribution in [0.4, 0.5) is 10.1 Å². The lowest BCUT2D eigenvalue weighted by Gasteiger charge is -2.25. The van der Waals surface area contributed by atoms with Crippen molar-refractivity contribution in [3.63, 3.8) is 0 Å². The highest BCUT2D eigenvalue weighted by Gasteiger charge is 2.42. The number of hydrogen-bond donors (Lipinski definition) is 0. The Morgan fingerprint density at radius 3 is 2.42 bits per heavy atom. The molecule has 2 heterocycles. The van der Waals surface area contributed by atoms with Gasteiger partial charge in [-0.2, -0.15) is 5.10 Å². The Bertz CT molecular complexity index is 1120. The van der Waals surface area contributed by atoms with Gasteiger partial charge < -0.3 is 9.64 Å². The van der Waals surface area contributed by atoms with Crippen LogP contribution in [0.2, 0.25) is 0 Å². The van der Waals surface area contributed by atoms with E-state index < -0.39 is 6.67 Å². The van der Waals surface area contributed by atoms with E-state index in [1.165, 1.54) is 42.5 Å². The highest BCUT2D eigenvalue weighted by molar-refractivity contribution is 7.98. The fraction of sp³-hybridized carbons (Fsp3) is 0.480. The lowest BCUT2D eigenvalue weighted by Crippen LogP contribution is -2.28. The predicted octanol–water partition coefficient (Wildman–Crippen LogP) is 6.13. The van der Waals surface area contributed by atoms with Crippen LogP contribution in [0.25, 0.3) is 16.8 Å². The number of hydrogen-bond acceptors (Lipinski definition) is 4. The van der Waals surface area contributed by atoms with Gasteiger partial charge in [0.1, 0.15) is 24.1 Å². The van der Waals surface area contributed by atoms with E-state index in [4.69, 9.17) is 9.84 Å². The van der Waals surface area contributed by atoms with Gasteiger partial charge in [0.05, 0.1) is 16.9 Å². The molecule has 0 saturated heterocycles. The van der Waals surface area contributed by atoms with Crippen LogP contribution in [0.3, 0.4) is 0 Å². The molecular weight excluding hydrogens is 409 g/mol. The first-order valence-electron chi connectivity index (χ1n) is 11.2. The summed E-state index contributed by atoms with van der Waals surface area (Å²) < 4.78 is 20.9. The third kappa shape index (κ3) is 3.69. The maximum atomic E-state index is 12.9. The van der Waals surface area contributed by atoms with E-state index >= 15 is 0 Å². The van der Waals surface area contributed by atoms with Crippen molar-refractivity contribution in [2.24, 2.45) is 0 Å². The van der Waals surface area contributed by atoms with Gasteiger partial charge in [0, 0.05) is 17.6 Å². The van der Waals surface area contributed by atoms with Gasteiger partial charge in [0.15, 0.2) is 0 Å². The molecular formula is C25H30FN3OS. The smallest absolute Gasteiger partial charge is 0.142 e. The number of fused-ring (bicyclic) bond motifs is 1. The molecule has 2 fully saturated rings. The molecule has 0 aliphatic heterocycles. The zero-order valence-corrected chi connectivity index (χ0v) is 19.6. The van der Waals surface area contributed by atoms with Crippen molar-refractivity contribution in [1.82, 2.24) is 9.61 Å². The molecule has 2 aliphatic rings. The van der Waals surface area contributed by atoms with Crippen LogP contribution in [0.5, 0.6) is 5.75 Å². The summed E-state index contributed by atoms with van der Waals surface area (Å²) in [5.41, 5.74) is 7.94. The van der Waals surface area contributed by atoms with Crippen LogP contribution in [0.1, 0.15) is 42.4 Å². The number of ether oxygens (including phenoxy) is 1. The molecule has 6 heteroatoms. The van der Waals surface area contributed by atoms with Crippen LogP contribution in [-0.4, -0.2) is 41.2 Å². The number of pyridine rings is 1. The number of thioether (sulfide) groups is 1. The Balaban J connectivity index is 1.75. The molecule has 2 aromatic heterocycles. The average molecular weight is 440 g/mol. The summed E-state index contributed by atoms with van der Waals surface area (Å²) in [6.07, 6.45) is 7.22. The monoisotopic (exact) mass is 439 g/mol. The number of anilines is 1. The van der Waals surface area contributed by atoms with Gasteiger partial charge in [-0.25, -0.2) is 8.91 Å². The molecule has 2 aliphatic carbocycles. The molecule has 0 spiro atoms. The van der Waals surface area contributed by atoms with Crippen molar-refractivity contribution >= 4 is 23.0 Å². The van der Waals surface area contributed by atoms with Gasteiger partial charge in [0.25, 0.3) is 0 Å². The Hall–Kier alpha value is -2.21. The van der Waals surface area contributed by atoms with E-state index in [9.17, 15) is 4.39 Å². The third-order valence-electron chi connectivity index (χ3n) is 6.29. The van der Waals surface area contributed by atoms with Gasteiger partial charge in [-0.1, -0.05) is 12.1 Å². The van der Waals surface area contributed by atoms with E-state index in [1.54, 1.807) is 11.8 Å². The summed E-state index contributed by atoms with van der Waals surface area (Å²) in [6, 6.07) is 9.78. The Kier molecular flexibility index (Phi) is 5.37. The topological polar surface area (TPSA) is 29.8 Å². The van der Waals surface area contributed by atoms with Crippen molar-refractivity contribution < 1.29 is 9.13 Å². The predicted molar refractivity (Wildman–Crippen MR) is 127 cm³/mol. The molecule has 0 unspecified atom stereocenters. The fourth-order valence-electron chi connectivity index (χ4n) is 4.72. The Morgan fingerprint density at radius 1 is 1.10 bits per heavy atom. The number of rotatable bonds is 8. The second kappa shape index (κ2) is 8.05. The normalized spacial score (nSPS) is 16.2. The number of aromatic nitrogens is 2. The van der Waals surface area contributed by atoms with Crippen LogP contribution in [-0.2, 0) is 0 Å². The van der Waals surface area contributed by atoms with Crippen molar-refractivity contribution in [2.75, 3.05) is 24.4 Å². The van der Waals surface area contributed by atoms with Gasteiger partial charge in [-0.3, -0.25) is 0 Å². The minimum atomic E-state index is -0.504. The van der Waals surface area contributed by atoms with E-state index in [2.05, 4.69) is 47.7 Å². The minimum Gasteiger partial charge on any atom is -0.490 e. The fourth-order valence-corrected chi connectivity index (χ4v) is 5.28. The number of nitrogens with zero attached hydrogens (tertiary/aromatic N) is 3. The molecule has 164 valence electrons. The lowest BCUT2D eigenvalue weighted by molar-refractivity contribution is 0.274. The number of alkyl halides is 1. The number of aryl methyl sites for hydroxylation is 3. The molecule has 31 heavy (non-hydrogen) atoms. The van der Waals surface area contributed by atoms with E-state index in [0.29, 0.717) is 12.1 Å². The summed E-state index contributed by atoms with van der Waals surface area (Å²) in [4.78, 5) is 2.66. The average Bonchev–Trinajstić information content (AvgIpc) is 3.66. The minimum absolute atomic E-state index is 0.0580. The summed E-state index contributed by atoms with van der Waals surface area (Å²) in [5.74, 6) is 0.726. The summed E-state index contributed by atoms with van der Waals surface area (Å²) in [6.45, 7) is 5.87. The first-order chi connectivity index (χ1) is 15.0.